The first kappa shape index (κ1) is 18.3. The number of amides is 1. The number of likely N-dealkylation sites (tertiary alicyclic amines) is 1. The number of carbonyl (C=O) groups excluding carboxylic acids is 1. The van der Waals surface area contributed by atoms with Crippen LogP contribution in [0.25, 0.3) is 10.6 Å². The number of hydrogen-bond acceptors (Lipinski definition) is 7. The molecule has 4 heterocycles. The molecule has 1 unspecified atom stereocenters. The Hall–Kier alpha value is -3.07. The third kappa shape index (κ3) is 3.79. The first-order valence-corrected chi connectivity index (χ1v) is 9.82. The summed E-state index contributed by atoms with van der Waals surface area (Å²) in [5.74, 6) is 0.466. The number of nitrogens with zero attached hydrogens (tertiary/aromatic N) is 4. The van der Waals surface area contributed by atoms with Gasteiger partial charge in [-0.3, -0.25) is 9.59 Å². The Balaban J connectivity index is 1.55. The molecule has 1 atom stereocenters. The number of ether oxygens (including phenoxy) is 1. The lowest BCUT2D eigenvalue weighted by atomic mass is 9.96. The van der Waals surface area contributed by atoms with Crippen molar-refractivity contribution in [2.24, 2.45) is 0 Å². The molecule has 0 aliphatic carbocycles. The van der Waals surface area contributed by atoms with Gasteiger partial charge in [-0.15, -0.1) is 11.3 Å². The molecule has 1 fully saturated rings. The van der Waals surface area contributed by atoms with Crippen LogP contribution in [0.4, 0.5) is 0 Å². The molecule has 1 amide bonds. The number of methoxy groups -OCH3 is 1. The fourth-order valence-corrected chi connectivity index (χ4v) is 4.01. The van der Waals surface area contributed by atoms with Crippen LogP contribution in [0.3, 0.4) is 0 Å². The van der Waals surface area contributed by atoms with Crippen LogP contribution < -0.4 is 10.3 Å². The van der Waals surface area contributed by atoms with Gasteiger partial charge in [0, 0.05) is 37.5 Å². The van der Waals surface area contributed by atoms with Crippen LogP contribution in [0.1, 0.15) is 34.9 Å². The average Bonchev–Trinajstić information content (AvgIpc) is 3.28. The highest BCUT2D eigenvalue weighted by Crippen LogP contribution is 2.27. The normalized spacial score (nSPS) is 16.8. The summed E-state index contributed by atoms with van der Waals surface area (Å²) in [5.41, 5.74) is 0.899. The first-order chi connectivity index (χ1) is 13.6. The zero-order valence-corrected chi connectivity index (χ0v) is 16.1. The molecule has 9 heteroatoms. The molecule has 1 saturated heterocycles. The molecule has 1 aliphatic rings. The minimum absolute atomic E-state index is 0.0236. The third-order valence-corrected chi connectivity index (χ3v) is 5.58. The Labute approximate surface area is 165 Å². The summed E-state index contributed by atoms with van der Waals surface area (Å²) < 4.78 is 4.93. The molecule has 1 aliphatic heterocycles. The molecule has 3 aromatic rings. The number of H-pyrrole nitrogens is 1. The molecule has 0 radical (unpaired) electrons. The standard InChI is InChI=1S/C19H19N5O3S/c1-27-19-20-9-13(10-21-19)18(26)24-6-2-4-12(11-24)17-22-14(8-16(25)23-17)15-5-3-7-28-15/h3,5,7-10,12H,2,4,6,11H2,1H3,(H,22,23,25). The molecule has 1 N–H and O–H groups in total. The second-order valence-electron chi connectivity index (χ2n) is 6.54. The van der Waals surface area contributed by atoms with Crippen LogP contribution in [-0.2, 0) is 0 Å². The zero-order chi connectivity index (χ0) is 19.5. The van der Waals surface area contributed by atoms with Crippen LogP contribution in [0.15, 0.2) is 40.8 Å². The van der Waals surface area contributed by atoms with Gasteiger partial charge < -0.3 is 14.6 Å². The summed E-state index contributed by atoms with van der Waals surface area (Å²) in [6, 6.07) is 5.60. The van der Waals surface area contributed by atoms with Crippen LogP contribution in [0.2, 0.25) is 0 Å². The van der Waals surface area contributed by atoms with Crippen LogP contribution in [0, 0.1) is 0 Å². The smallest absolute Gasteiger partial charge is 0.316 e. The number of aromatic amines is 1. The van der Waals surface area contributed by atoms with E-state index < -0.39 is 0 Å². The van der Waals surface area contributed by atoms with Crippen molar-refractivity contribution in [1.29, 1.82) is 0 Å². The van der Waals surface area contributed by atoms with Crippen LogP contribution in [-0.4, -0.2) is 50.9 Å². The largest absolute Gasteiger partial charge is 0.467 e. The molecule has 8 nitrogen and oxygen atoms in total. The highest BCUT2D eigenvalue weighted by atomic mass is 32.1. The molecular formula is C19H19N5O3S. The van der Waals surface area contributed by atoms with E-state index in [-0.39, 0.29) is 23.4 Å². The molecular weight excluding hydrogens is 378 g/mol. The van der Waals surface area contributed by atoms with E-state index in [1.807, 2.05) is 17.5 Å². The number of hydrogen-bond donors (Lipinski definition) is 1. The summed E-state index contributed by atoms with van der Waals surface area (Å²) in [6.45, 7) is 1.14. The van der Waals surface area contributed by atoms with Gasteiger partial charge >= 0.3 is 6.01 Å². The lowest BCUT2D eigenvalue weighted by Crippen LogP contribution is -2.40. The Morgan fingerprint density at radius 1 is 1.36 bits per heavy atom. The fourth-order valence-electron chi connectivity index (χ4n) is 3.32. The van der Waals surface area contributed by atoms with E-state index in [9.17, 15) is 9.59 Å². The Bertz CT molecular complexity index is 1020. The highest BCUT2D eigenvalue weighted by Gasteiger charge is 2.27. The molecule has 144 valence electrons. The molecule has 0 saturated carbocycles. The van der Waals surface area contributed by atoms with E-state index in [2.05, 4.69) is 19.9 Å². The number of nitrogens with one attached hydrogen (secondary N) is 1. The van der Waals surface area contributed by atoms with Gasteiger partial charge in [-0.25, -0.2) is 15.0 Å². The third-order valence-electron chi connectivity index (χ3n) is 4.69. The van der Waals surface area contributed by atoms with Gasteiger partial charge in [-0.2, -0.15) is 0 Å². The minimum atomic E-state index is -0.180. The SMILES string of the molecule is COc1ncc(C(=O)N2CCCC(c3nc(-c4cccs4)cc(=O)[nH]3)C2)cn1. The maximum absolute atomic E-state index is 12.8. The number of aromatic nitrogens is 4. The lowest BCUT2D eigenvalue weighted by Gasteiger charge is -2.32. The predicted molar refractivity (Wildman–Crippen MR) is 105 cm³/mol. The van der Waals surface area contributed by atoms with Crippen molar-refractivity contribution < 1.29 is 9.53 Å². The maximum atomic E-state index is 12.8. The van der Waals surface area contributed by atoms with Crippen molar-refractivity contribution in [3.8, 4) is 16.6 Å². The van der Waals surface area contributed by atoms with E-state index in [1.165, 1.54) is 25.6 Å². The van der Waals surface area contributed by atoms with E-state index in [4.69, 9.17) is 4.74 Å². The summed E-state index contributed by atoms with van der Waals surface area (Å²) >= 11 is 1.54. The van der Waals surface area contributed by atoms with Gasteiger partial charge in [-0.05, 0) is 24.3 Å². The second-order valence-corrected chi connectivity index (χ2v) is 7.49. The number of rotatable bonds is 4. The number of thiophene rings is 1. The first-order valence-electron chi connectivity index (χ1n) is 8.94. The number of carbonyl (C=O) groups is 1. The lowest BCUT2D eigenvalue weighted by molar-refractivity contribution is 0.0703. The van der Waals surface area contributed by atoms with Crippen molar-refractivity contribution in [2.75, 3.05) is 20.2 Å². The Morgan fingerprint density at radius 2 is 2.18 bits per heavy atom. The van der Waals surface area contributed by atoms with Crippen molar-refractivity contribution in [3.63, 3.8) is 0 Å². The van der Waals surface area contributed by atoms with E-state index >= 15 is 0 Å². The second kappa shape index (κ2) is 7.89. The average molecular weight is 397 g/mol. The van der Waals surface area contributed by atoms with Gasteiger partial charge in [-0.1, -0.05) is 6.07 Å². The molecule has 0 bridgehead atoms. The fraction of sp³-hybridized carbons (Fsp3) is 0.316. The molecule has 4 rings (SSSR count). The monoisotopic (exact) mass is 397 g/mol. The summed E-state index contributed by atoms with van der Waals surface area (Å²) in [7, 11) is 1.48. The minimum Gasteiger partial charge on any atom is -0.467 e. The van der Waals surface area contributed by atoms with Gasteiger partial charge in [0.1, 0.15) is 5.82 Å². The van der Waals surface area contributed by atoms with Crippen LogP contribution >= 0.6 is 11.3 Å². The molecule has 3 aromatic heterocycles. The quantitative estimate of drug-likeness (QED) is 0.725. The molecule has 28 heavy (non-hydrogen) atoms. The van der Waals surface area contributed by atoms with Gasteiger partial charge in [0.05, 0.1) is 23.2 Å². The van der Waals surface area contributed by atoms with E-state index in [1.54, 1.807) is 16.2 Å². The summed E-state index contributed by atoms with van der Waals surface area (Å²) in [6.07, 6.45) is 4.63. The van der Waals surface area contributed by atoms with Gasteiger partial charge in [0.15, 0.2) is 0 Å². The van der Waals surface area contributed by atoms with E-state index in [0.29, 0.717) is 30.2 Å². The summed E-state index contributed by atoms with van der Waals surface area (Å²) in [5, 5.41) is 1.95. The topological polar surface area (TPSA) is 101 Å². The Morgan fingerprint density at radius 3 is 2.89 bits per heavy atom. The highest BCUT2D eigenvalue weighted by molar-refractivity contribution is 7.13. The number of piperidine rings is 1. The van der Waals surface area contributed by atoms with Crippen molar-refractivity contribution in [3.05, 3.63) is 57.7 Å². The van der Waals surface area contributed by atoms with Crippen molar-refractivity contribution in [1.82, 2.24) is 24.8 Å². The maximum Gasteiger partial charge on any atom is 0.316 e. The Kier molecular flexibility index (Phi) is 5.16. The van der Waals surface area contributed by atoms with Crippen molar-refractivity contribution in [2.45, 2.75) is 18.8 Å². The van der Waals surface area contributed by atoms with Gasteiger partial charge in [0.2, 0.25) is 0 Å². The molecule has 0 spiro atoms. The van der Waals surface area contributed by atoms with Gasteiger partial charge in [0.25, 0.3) is 11.5 Å². The zero-order valence-electron chi connectivity index (χ0n) is 15.3. The van der Waals surface area contributed by atoms with Crippen molar-refractivity contribution >= 4 is 17.2 Å². The van der Waals surface area contributed by atoms with E-state index in [0.717, 1.165) is 17.7 Å². The molecule has 0 aromatic carbocycles. The predicted octanol–water partition coefficient (Wildman–Crippen LogP) is 2.32. The summed E-state index contributed by atoms with van der Waals surface area (Å²) in [4.78, 5) is 43.2. The van der Waals surface area contributed by atoms with Crippen LogP contribution in [0.5, 0.6) is 6.01 Å².